The maximum absolute atomic E-state index is 12.6. The smallest absolute Gasteiger partial charge is 0.268 e. The first kappa shape index (κ1) is 16.2. The van der Waals surface area contributed by atoms with Crippen molar-refractivity contribution in [2.45, 2.75) is 0 Å². The Morgan fingerprint density at radius 2 is 1.73 bits per heavy atom. The first-order valence-corrected chi connectivity index (χ1v) is 9.43. The van der Waals surface area contributed by atoms with E-state index in [1.54, 1.807) is 4.90 Å². The van der Waals surface area contributed by atoms with Crippen molar-refractivity contribution in [1.29, 1.82) is 0 Å². The Hall–Kier alpha value is -0.700. The molecule has 0 N–H and O–H groups in total. The molecule has 1 fully saturated rings. The lowest BCUT2D eigenvalue weighted by molar-refractivity contribution is -0.113. The predicted molar refractivity (Wildman–Crippen MR) is 109 cm³/mol. The van der Waals surface area contributed by atoms with Gasteiger partial charge in [0.15, 0.2) is 4.32 Å². The van der Waals surface area contributed by atoms with Gasteiger partial charge in [-0.15, -0.1) is 0 Å². The Labute approximate surface area is 160 Å². The molecule has 2 nitrogen and oxygen atoms in total. The molecule has 1 aliphatic rings. The van der Waals surface area contributed by atoms with E-state index in [1.165, 1.54) is 11.8 Å². The Morgan fingerprint density at radius 3 is 2.36 bits per heavy atom. The molecule has 0 atom stereocenters. The fourth-order valence-corrected chi connectivity index (χ4v) is 3.91. The molecule has 1 heterocycles. The molecule has 110 valence electrons. The highest BCUT2D eigenvalue weighted by Crippen LogP contribution is 2.36. The van der Waals surface area contributed by atoms with E-state index in [4.69, 9.17) is 12.2 Å². The largest absolute Gasteiger partial charge is 0.270 e. The fourth-order valence-electron chi connectivity index (χ4n) is 1.99. The minimum Gasteiger partial charge on any atom is -0.268 e. The zero-order valence-corrected chi connectivity index (χ0v) is 16.5. The molecular weight excluding hydrogens is 493 g/mol. The molecule has 3 rings (SSSR count). The zero-order chi connectivity index (χ0) is 15.7. The molecule has 1 amide bonds. The number of amides is 1. The van der Waals surface area contributed by atoms with E-state index >= 15 is 0 Å². The van der Waals surface area contributed by atoms with Crippen LogP contribution >= 0.6 is 62.5 Å². The van der Waals surface area contributed by atoms with Gasteiger partial charge in [-0.1, -0.05) is 52.0 Å². The third-order valence-corrected chi connectivity index (χ3v) is 5.60. The van der Waals surface area contributed by atoms with Gasteiger partial charge in [0.05, 0.1) is 10.6 Å². The second-order valence-corrected chi connectivity index (χ2v) is 8.38. The highest BCUT2D eigenvalue weighted by molar-refractivity contribution is 14.1. The minimum atomic E-state index is -0.0733. The summed E-state index contributed by atoms with van der Waals surface area (Å²) in [6, 6.07) is 15.6. The van der Waals surface area contributed by atoms with Gasteiger partial charge >= 0.3 is 0 Å². The Morgan fingerprint density at radius 1 is 1.09 bits per heavy atom. The summed E-state index contributed by atoms with van der Waals surface area (Å²) in [5.74, 6) is -0.0733. The molecule has 0 bridgehead atoms. The summed E-state index contributed by atoms with van der Waals surface area (Å²) in [6.07, 6.45) is 1.88. The molecule has 2 aromatic carbocycles. The molecule has 1 aliphatic heterocycles. The van der Waals surface area contributed by atoms with Crippen LogP contribution in [0.25, 0.3) is 6.08 Å². The van der Waals surface area contributed by atoms with Crippen LogP contribution in [0.15, 0.2) is 57.9 Å². The summed E-state index contributed by atoms with van der Waals surface area (Å²) in [7, 11) is 0. The molecule has 0 saturated carbocycles. The van der Waals surface area contributed by atoms with Gasteiger partial charge in [-0.2, -0.15) is 0 Å². The normalized spacial score (nSPS) is 16.6. The van der Waals surface area contributed by atoms with E-state index in [2.05, 4.69) is 38.5 Å². The van der Waals surface area contributed by atoms with E-state index in [1.807, 2.05) is 54.6 Å². The lowest BCUT2D eigenvalue weighted by Gasteiger charge is -2.14. The van der Waals surface area contributed by atoms with Crippen LogP contribution in [-0.4, -0.2) is 10.2 Å². The highest BCUT2D eigenvalue weighted by Gasteiger charge is 2.33. The molecule has 0 radical (unpaired) electrons. The summed E-state index contributed by atoms with van der Waals surface area (Å²) in [5, 5.41) is 0. The Kier molecular flexibility index (Phi) is 5.01. The van der Waals surface area contributed by atoms with Gasteiger partial charge in [0.25, 0.3) is 5.91 Å². The second-order valence-electron chi connectivity index (χ2n) is 4.55. The number of anilines is 1. The van der Waals surface area contributed by atoms with Crippen molar-refractivity contribution in [2.24, 2.45) is 0 Å². The second kappa shape index (κ2) is 6.82. The fraction of sp³-hybridized carbons (Fsp3) is 0. The zero-order valence-electron chi connectivity index (χ0n) is 11.1. The van der Waals surface area contributed by atoms with E-state index < -0.39 is 0 Å². The third-order valence-electron chi connectivity index (χ3n) is 3.05. The molecular formula is C16H9BrINOS2. The molecule has 6 heteroatoms. The number of halogens is 2. The minimum absolute atomic E-state index is 0.0733. The van der Waals surface area contributed by atoms with Crippen molar-refractivity contribution in [3.8, 4) is 0 Å². The van der Waals surface area contributed by atoms with Crippen LogP contribution in [0.4, 0.5) is 5.69 Å². The van der Waals surface area contributed by atoms with Crippen molar-refractivity contribution >= 4 is 84.5 Å². The number of thiocarbonyl (C=S) groups is 1. The molecule has 2 aromatic rings. The lowest BCUT2D eigenvalue weighted by Crippen LogP contribution is -2.27. The lowest BCUT2D eigenvalue weighted by atomic mass is 10.2. The van der Waals surface area contributed by atoms with Crippen LogP contribution in [0.3, 0.4) is 0 Å². The van der Waals surface area contributed by atoms with Gasteiger partial charge in [0, 0.05) is 8.04 Å². The quantitative estimate of drug-likeness (QED) is 0.309. The van der Waals surface area contributed by atoms with Gasteiger partial charge in [-0.3, -0.25) is 9.69 Å². The predicted octanol–water partition coefficient (Wildman–Crippen LogP) is 5.46. The first-order valence-electron chi connectivity index (χ1n) is 6.34. The van der Waals surface area contributed by atoms with Crippen molar-refractivity contribution in [3.63, 3.8) is 0 Å². The van der Waals surface area contributed by atoms with Crippen molar-refractivity contribution < 1.29 is 4.79 Å². The SMILES string of the molecule is O=C1/C(=C/c2ccc(I)cc2)SC(=S)N1c1ccc(Br)cc1. The number of hydrogen-bond acceptors (Lipinski definition) is 3. The molecule has 0 spiro atoms. The molecule has 0 aliphatic carbocycles. The number of carbonyl (C=O) groups excluding carboxylic acids is 1. The van der Waals surface area contributed by atoms with E-state index in [-0.39, 0.29) is 5.91 Å². The number of benzene rings is 2. The van der Waals surface area contributed by atoms with Crippen LogP contribution in [0.1, 0.15) is 5.56 Å². The van der Waals surface area contributed by atoms with Crippen LogP contribution in [-0.2, 0) is 4.79 Å². The average Bonchev–Trinajstić information content (AvgIpc) is 2.77. The number of thioether (sulfide) groups is 1. The van der Waals surface area contributed by atoms with Gasteiger partial charge < -0.3 is 0 Å². The van der Waals surface area contributed by atoms with E-state index in [0.29, 0.717) is 9.23 Å². The van der Waals surface area contributed by atoms with Gasteiger partial charge in [0.2, 0.25) is 0 Å². The Balaban J connectivity index is 1.91. The molecule has 1 saturated heterocycles. The number of carbonyl (C=O) groups is 1. The van der Waals surface area contributed by atoms with Crippen LogP contribution in [0.5, 0.6) is 0 Å². The van der Waals surface area contributed by atoms with Gasteiger partial charge in [-0.25, -0.2) is 0 Å². The highest BCUT2D eigenvalue weighted by atomic mass is 127. The summed E-state index contributed by atoms with van der Waals surface area (Å²) in [4.78, 5) is 14.8. The van der Waals surface area contributed by atoms with Crippen LogP contribution in [0, 0.1) is 3.57 Å². The Bertz CT molecular complexity index is 772. The number of hydrogen-bond donors (Lipinski definition) is 0. The van der Waals surface area contributed by atoms with Crippen LogP contribution in [0.2, 0.25) is 0 Å². The van der Waals surface area contributed by atoms with Crippen molar-refractivity contribution in [2.75, 3.05) is 4.90 Å². The topological polar surface area (TPSA) is 20.3 Å². The maximum atomic E-state index is 12.6. The van der Waals surface area contributed by atoms with E-state index in [0.717, 1.165) is 19.3 Å². The molecule has 0 aromatic heterocycles. The van der Waals surface area contributed by atoms with Gasteiger partial charge in [0.1, 0.15) is 0 Å². The summed E-state index contributed by atoms with van der Waals surface area (Å²) >= 11 is 12.3. The van der Waals surface area contributed by atoms with Crippen molar-refractivity contribution in [1.82, 2.24) is 0 Å². The summed E-state index contributed by atoms with van der Waals surface area (Å²) < 4.78 is 2.69. The van der Waals surface area contributed by atoms with Gasteiger partial charge in [-0.05, 0) is 70.6 Å². The van der Waals surface area contributed by atoms with E-state index in [9.17, 15) is 4.79 Å². The monoisotopic (exact) mass is 501 g/mol. The number of nitrogens with zero attached hydrogens (tertiary/aromatic N) is 1. The molecule has 22 heavy (non-hydrogen) atoms. The van der Waals surface area contributed by atoms with Crippen LogP contribution < -0.4 is 4.90 Å². The van der Waals surface area contributed by atoms with Crippen molar-refractivity contribution in [3.05, 3.63) is 67.0 Å². The summed E-state index contributed by atoms with van der Waals surface area (Å²) in [5.41, 5.74) is 1.79. The standard InChI is InChI=1S/C16H9BrINOS2/c17-11-3-7-13(8-4-11)19-15(20)14(22-16(19)21)9-10-1-5-12(18)6-2-10/h1-9H/b14-9-. The first-order chi connectivity index (χ1) is 10.5. The maximum Gasteiger partial charge on any atom is 0.270 e. The number of rotatable bonds is 2. The average molecular weight is 502 g/mol. The third kappa shape index (κ3) is 3.45. The summed E-state index contributed by atoms with van der Waals surface area (Å²) in [6.45, 7) is 0. The molecule has 0 unspecified atom stereocenters.